The van der Waals surface area contributed by atoms with E-state index >= 15 is 0 Å². The van der Waals surface area contributed by atoms with Crippen molar-refractivity contribution in [1.82, 2.24) is 24.5 Å². The van der Waals surface area contributed by atoms with Gasteiger partial charge in [-0.2, -0.15) is 0 Å². The van der Waals surface area contributed by atoms with E-state index in [0.29, 0.717) is 5.92 Å². The van der Waals surface area contributed by atoms with Crippen molar-refractivity contribution in [2.24, 2.45) is 0 Å². The lowest BCUT2D eigenvalue weighted by atomic mass is 10.1. The van der Waals surface area contributed by atoms with E-state index in [9.17, 15) is 0 Å². The van der Waals surface area contributed by atoms with Crippen LogP contribution in [-0.2, 0) is 19.5 Å². The molecule has 0 spiro atoms. The second-order valence-corrected chi connectivity index (χ2v) is 5.86. The molecule has 1 N–H and O–H groups in total. The van der Waals surface area contributed by atoms with Crippen molar-refractivity contribution < 1.29 is 0 Å². The van der Waals surface area contributed by atoms with E-state index < -0.39 is 0 Å². The van der Waals surface area contributed by atoms with Crippen molar-refractivity contribution in [3.8, 4) is 0 Å². The number of hydrogen-bond donors (Lipinski definition) is 1. The fourth-order valence-corrected chi connectivity index (χ4v) is 3.21. The molecule has 0 fully saturated rings. The van der Waals surface area contributed by atoms with E-state index in [0.717, 1.165) is 31.7 Å². The minimum Gasteiger partial charge on any atom is -0.347 e. The van der Waals surface area contributed by atoms with E-state index in [4.69, 9.17) is 0 Å². The third-order valence-electron chi connectivity index (χ3n) is 3.35. The van der Waals surface area contributed by atoms with Gasteiger partial charge in [-0.25, -0.2) is 4.98 Å². The van der Waals surface area contributed by atoms with Crippen LogP contribution >= 0.6 is 11.5 Å². The van der Waals surface area contributed by atoms with Crippen LogP contribution in [0.5, 0.6) is 0 Å². The Morgan fingerprint density at radius 3 is 3.22 bits per heavy atom. The highest BCUT2D eigenvalue weighted by molar-refractivity contribution is 7.05. The van der Waals surface area contributed by atoms with Crippen molar-refractivity contribution in [3.05, 3.63) is 28.3 Å². The number of aromatic nitrogens is 4. The number of hydrogen-bond acceptors (Lipinski definition) is 5. The Balaban J connectivity index is 1.73. The topological polar surface area (TPSA) is 57.7 Å². The third kappa shape index (κ3) is 2.18. The van der Waals surface area contributed by atoms with Gasteiger partial charge in [-0.1, -0.05) is 18.3 Å². The maximum Gasteiger partial charge on any atom is 0.0925 e. The maximum absolute atomic E-state index is 4.33. The van der Waals surface area contributed by atoms with Crippen molar-refractivity contribution in [3.63, 3.8) is 0 Å². The molecule has 3 heterocycles. The molecule has 5 nitrogen and oxygen atoms in total. The summed E-state index contributed by atoms with van der Waals surface area (Å²) in [5.41, 5.74) is 3.62. The zero-order valence-electron chi connectivity index (χ0n) is 10.7. The van der Waals surface area contributed by atoms with E-state index in [2.05, 4.69) is 38.3 Å². The lowest BCUT2D eigenvalue weighted by Crippen LogP contribution is -2.30. The van der Waals surface area contributed by atoms with Gasteiger partial charge in [-0.15, -0.1) is 5.10 Å². The molecule has 6 heteroatoms. The van der Waals surface area contributed by atoms with Gasteiger partial charge < -0.3 is 4.98 Å². The van der Waals surface area contributed by atoms with E-state index in [-0.39, 0.29) is 0 Å². The molecule has 0 bridgehead atoms. The number of nitrogens with zero attached hydrogens (tertiary/aromatic N) is 4. The molecule has 0 amide bonds. The third-order valence-corrected chi connectivity index (χ3v) is 4.08. The molecule has 0 saturated heterocycles. The first-order valence-electron chi connectivity index (χ1n) is 6.28. The van der Waals surface area contributed by atoms with Gasteiger partial charge in [0.05, 0.1) is 28.3 Å². The Hall–Kier alpha value is -1.27. The molecule has 0 unspecified atom stereocenters. The number of rotatable bonds is 3. The quantitative estimate of drug-likeness (QED) is 0.919. The fourth-order valence-electron chi connectivity index (χ4n) is 2.37. The van der Waals surface area contributed by atoms with Crippen LogP contribution in [0.25, 0.3) is 0 Å². The lowest BCUT2D eigenvalue weighted by Gasteiger charge is -2.25. The molecule has 18 heavy (non-hydrogen) atoms. The number of nitrogens with one attached hydrogen (secondary N) is 1. The highest BCUT2D eigenvalue weighted by atomic mass is 32.1. The standard InChI is InChI=1S/C12H17N5S/c1-8(2)12-11(18-16-15-12)6-17-4-3-9-10(5-17)14-7-13-9/h7-8H,3-6H2,1-2H3,(H,13,14). The van der Waals surface area contributed by atoms with Crippen LogP contribution in [0.15, 0.2) is 6.33 Å². The molecular formula is C12H17N5S. The SMILES string of the molecule is CC(C)c1nnsc1CN1CCc2nc[nH]c2C1. The number of imidazole rings is 1. The van der Waals surface area contributed by atoms with Gasteiger partial charge in [0, 0.05) is 26.1 Å². The van der Waals surface area contributed by atoms with Gasteiger partial charge in [-0.05, 0) is 17.5 Å². The van der Waals surface area contributed by atoms with Crippen molar-refractivity contribution in [2.75, 3.05) is 6.54 Å². The zero-order valence-corrected chi connectivity index (χ0v) is 11.5. The highest BCUT2D eigenvalue weighted by Gasteiger charge is 2.21. The summed E-state index contributed by atoms with van der Waals surface area (Å²) < 4.78 is 4.09. The molecule has 1 aliphatic rings. The Labute approximate surface area is 110 Å². The van der Waals surface area contributed by atoms with Crippen LogP contribution in [-0.4, -0.2) is 31.0 Å². The molecular weight excluding hydrogens is 246 g/mol. The minimum absolute atomic E-state index is 0.450. The molecule has 0 atom stereocenters. The van der Waals surface area contributed by atoms with Crippen LogP contribution in [0.2, 0.25) is 0 Å². The molecule has 96 valence electrons. The second kappa shape index (κ2) is 4.78. The maximum atomic E-state index is 4.33. The molecule has 2 aromatic rings. The van der Waals surface area contributed by atoms with Crippen molar-refractivity contribution in [2.45, 2.75) is 39.3 Å². The Morgan fingerprint density at radius 1 is 1.50 bits per heavy atom. The summed E-state index contributed by atoms with van der Waals surface area (Å²) in [5, 5.41) is 4.24. The first kappa shape index (κ1) is 11.8. The van der Waals surface area contributed by atoms with E-state index in [1.54, 1.807) is 6.33 Å². The average molecular weight is 263 g/mol. The van der Waals surface area contributed by atoms with Crippen LogP contribution in [0.1, 0.15) is 41.7 Å². The minimum atomic E-state index is 0.450. The largest absolute Gasteiger partial charge is 0.347 e. The molecule has 0 aliphatic carbocycles. The van der Waals surface area contributed by atoms with Crippen LogP contribution in [0, 0.1) is 0 Å². The molecule has 0 aromatic carbocycles. The summed E-state index contributed by atoms with van der Waals surface area (Å²) in [6.45, 7) is 7.30. The zero-order chi connectivity index (χ0) is 12.5. The Bertz CT molecular complexity index is 530. The summed E-state index contributed by atoms with van der Waals surface area (Å²) in [7, 11) is 0. The summed E-state index contributed by atoms with van der Waals surface area (Å²) in [6, 6.07) is 0. The number of H-pyrrole nitrogens is 1. The molecule has 3 rings (SSSR count). The van der Waals surface area contributed by atoms with E-state index in [1.807, 2.05) is 0 Å². The Morgan fingerprint density at radius 2 is 2.39 bits per heavy atom. The van der Waals surface area contributed by atoms with Gasteiger partial charge in [0.1, 0.15) is 0 Å². The summed E-state index contributed by atoms with van der Waals surface area (Å²) in [5.74, 6) is 0.450. The van der Waals surface area contributed by atoms with Gasteiger partial charge in [0.2, 0.25) is 0 Å². The van der Waals surface area contributed by atoms with Crippen LogP contribution in [0.4, 0.5) is 0 Å². The van der Waals surface area contributed by atoms with E-state index in [1.165, 1.54) is 27.8 Å². The number of fused-ring (bicyclic) bond motifs is 1. The fraction of sp³-hybridized carbons (Fsp3) is 0.583. The second-order valence-electron chi connectivity index (χ2n) is 5.02. The number of aromatic amines is 1. The normalized spacial score (nSPS) is 16.2. The predicted molar refractivity (Wildman–Crippen MR) is 70.4 cm³/mol. The first-order chi connectivity index (χ1) is 8.74. The first-order valence-corrected chi connectivity index (χ1v) is 7.06. The lowest BCUT2D eigenvalue weighted by molar-refractivity contribution is 0.242. The van der Waals surface area contributed by atoms with Crippen LogP contribution in [0.3, 0.4) is 0 Å². The Kier molecular flexibility index (Phi) is 3.13. The summed E-state index contributed by atoms with van der Waals surface area (Å²) in [4.78, 5) is 11.3. The van der Waals surface area contributed by atoms with Gasteiger partial charge in [0.15, 0.2) is 0 Å². The molecule has 1 aliphatic heterocycles. The van der Waals surface area contributed by atoms with Gasteiger partial charge in [-0.3, -0.25) is 4.90 Å². The molecule has 2 aromatic heterocycles. The summed E-state index contributed by atoms with van der Waals surface area (Å²) >= 11 is 1.53. The van der Waals surface area contributed by atoms with Crippen molar-refractivity contribution >= 4 is 11.5 Å². The monoisotopic (exact) mass is 263 g/mol. The van der Waals surface area contributed by atoms with Gasteiger partial charge >= 0.3 is 0 Å². The highest BCUT2D eigenvalue weighted by Crippen LogP contribution is 2.23. The summed E-state index contributed by atoms with van der Waals surface area (Å²) in [6.07, 6.45) is 2.82. The van der Waals surface area contributed by atoms with Crippen molar-refractivity contribution in [1.29, 1.82) is 0 Å². The van der Waals surface area contributed by atoms with Crippen LogP contribution < -0.4 is 0 Å². The smallest absolute Gasteiger partial charge is 0.0925 e. The predicted octanol–water partition coefficient (Wildman–Crippen LogP) is 1.94. The molecule has 0 saturated carbocycles. The van der Waals surface area contributed by atoms with Gasteiger partial charge in [0.25, 0.3) is 0 Å². The molecule has 0 radical (unpaired) electrons. The average Bonchev–Trinajstić information content (AvgIpc) is 2.96.